The minimum atomic E-state index is 0.0924. The highest BCUT2D eigenvalue weighted by atomic mass is 35.5. The lowest BCUT2D eigenvalue weighted by atomic mass is 9.84. The van der Waals surface area contributed by atoms with E-state index in [-0.39, 0.29) is 5.38 Å². The fourth-order valence-corrected chi connectivity index (χ4v) is 3.47. The van der Waals surface area contributed by atoms with E-state index in [4.69, 9.17) is 21.1 Å². The monoisotopic (exact) mass is 266 g/mol. The first-order valence-corrected chi connectivity index (χ1v) is 7.17. The molecular weight excluding hydrogens is 248 g/mol. The third kappa shape index (κ3) is 2.24. The Morgan fingerprint density at radius 1 is 1.33 bits per heavy atom. The molecule has 2 nitrogen and oxygen atoms in total. The van der Waals surface area contributed by atoms with Crippen molar-refractivity contribution in [3.8, 4) is 5.75 Å². The van der Waals surface area contributed by atoms with Gasteiger partial charge in [0.1, 0.15) is 5.75 Å². The highest BCUT2D eigenvalue weighted by Gasteiger charge is 2.30. The van der Waals surface area contributed by atoms with Crippen LogP contribution in [0.2, 0.25) is 0 Å². The van der Waals surface area contributed by atoms with Gasteiger partial charge < -0.3 is 9.47 Å². The largest absolute Gasteiger partial charge is 0.493 e. The predicted octanol–water partition coefficient (Wildman–Crippen LogP) is 3.57. The quantitative estimate of drug-likeness (QED) is 0.762. The molecule has 0 saturated carbocycles. The molecule has 0 bridgehead atoms. The SMILES string of the molecule is CC1COCCC1C(Cl)c1ccc2c(c1)CCO2. The van der Waals surface area contributed by atoms with Crippen LogP contribution in [-0.2, 0) is 11.2 Å². The van der Waals surface area contributed by atoms with Gasteiger partial charge in [-0.2, -0.15) is 0 Å². The van der Waals surface area contributed by atoms with Gasteiger partial charge in [-0.15, -0.1) is 11.6 Å². The lowest BCUT2D eigenvalue weighted by Gasteiger charge is -2.32. The van der Waals surface area contributed by atoms with Gasteiger partial charge in [-0.1, -0.05) is 19.1 Å². The molecule has 1 fully saturated rings. The van der Waals surface area contributed by atoms with Crippen molar-refractivity contribution in [3.63, 3.8) is 0 Å². The van der Waals surface area contributed by atoms with E-state index in [1.807, 2.05) is 0 Å². The summed E-state index contributed by atoms with van der Waals surface area (Å²) in [6, 6.07) is 6.41. The second kappa shape index (κ2) is 5.10. The molecule has 0 spiro atoms. The Hall–Kier alpha value is -0.730. The lowest BCUT2D eigenvalue weighted by molar-refractivity contribution is 0.0228. The number of hydrogen-bond acceptors (Lipinski definition) is 2. The number of halogens is 1. The minimum Gasteiger partial charge on any atom is -0.493 e. The van der Waals surface area contributed by atoms with Gasteiger partial charge in [0.05, 0.1) is 12.0 Å². The van der Waals surface area contributed by atoms with Gasteiger partial charge in [0, 0.05) is 19.6 Å². The molecule has 0 radical (unpaired) electrons. The zero-order valence-corrected chi connectivity index (χ0v) is 11.5. The van der Waals surface area contributed by atoms with Crippen molar-refractivity contribution < 1.29 is 9.47 Å². The lowest BCUT2D eigenvalue weighted by Crippen LogP contribution is -2.28. The van der Waals surface area contributed by atoms with Gasteiger partial charge in [-0.25, -0.2) is 0 Å². The van der Waals surface area contributed by atoms with Crippen LogP contribution in [0, 0.1) is 11.8 Å². The van der Waals surface area contributed by atoms with Gasteiger partial charge >= 0.3 is 0 Å². The molecule has 18 heavy (non-hydrogen) atoms. The van der Waals surface area contributed by atoms with Crippen LogP contribution in [0.25, 0.3) is 0 Å². The van der Waals surface area contributed by atoms with Gasteiger partial charge in [0.15, 0.2) is 0 Å². The first-order chi connectivity index (χ1) is 8.75. The molecule has 0 aromatic heterocycles. The van der Waals surface area contributed by atoms with E-state index < -0.39 is 0 Å². The average molecular weight is 267 g/mol. The maximum absolute atomic E-state index is 6.69. The van der Waals surface area contributed by atoms with E-state index in [2.05, 4.69) is 25.1 Å². The second-order valence-corrected chi connectivity index (χ2v) is 5.84. The van der Waals surface area contributed by atoms with Crippen LogP contribution in [0.5, 0.6) is 5.75 Å². The summed E-state index contributed by atoms with van der Waals surface area (Å²) in [6.07, 6.45) is 2.07. The van der Waals surface area contributed by atoms with Crippen LogP contribution in [0.15, 0.2) is 18.2 Å². The summed E-state index contributed by atoms with van der Waals surface area (Å²) in [5.74, 6) is 2.08. The zero-order chi connectivity index (χ0) is 12.5. The normalized spacial score (nSPS) is 28.6. The molecule has 3 unspecified atom stereocenters. The Morgan fingerprint density at radius 3 is 3.06 bits per heavy atom. The van der Waals surface area contributed by atoms with Crippen molar-refractivity contribution in [2.24, 2.45) is 11.8 Å². The van der Waals surface area contributed by atoms with E-state index in [0.29, 0.717) is 11.8 Å². The Morgan fingerprint density at radius 2 is 2.22 bits per heavy atom. The van der Waals surface area contributed by atoms with Crippen molar-refractivity contribution in [3.05, 3.63) is 29.3 Å². The summed E-state index contributed by atoms with van der Waals surface area (Å²) >= 11 is 6.69. The van der Waals surface area contributed by atoms with Crippen molar-refractivity contribution in [2.45, 2.75) is 25.1 Å². The summed E-state index contributed by atoms with van der Waals surface area (Å²) in [5.41, 5.74) is 2.54. The summed E-state index contributed by atoms with van der Waals surface area (Å²) in [5, 5.41) is 0.0924. The Labute approximate surface area is 113 Å². The van der Waals surface area contributed by atoms with Crippen molar-refractivity contribution in [2.75, 3.05) is 19.8 Å². The molecule has 3 atom stereocenters. The van der Waals surface area contributed by atoms with Gasteiger partial charge in [-0.05, 0) is 35.4 Å². The first kappa shape index (κ1) is 12.3. The molecule has 0 N–H and O–H groups in total. The van der Waals surface area contributed by atoms with E-state index in [9.17, 15) is 0 Å². The molecule has 0 amide bonds. The molecule has 3 heteroatoms. The molecule has 3 rings (SSSR count). The molecule has 1 saturated heterocycles. The van der Waals surface area contributed by atoms with E-state index >= 15 is 0 Å². The summed E-state index contributed by atoms with van der Waals surface area (Å²) in [7, 11) is 0. The number of rotatable bonds is 2. The maximum Gasteiger partial charge on any atom is 0.122 e. The Kier molecular flexibility index (Phi) is 3.49. The number of hydrogen-bond donors (Lipinski definition) is 0. The van der Waals surface area contributed by atoms with Crippen LogP contribution in [-0.4, -0.2) is 19.8 Å². The molecular formula is C15H19ClO2. The number of benzene rings is 1. The third-order valence-electron chi connectivity index (χ3n) is 4.12. The van der Waals surface area contributed by atoms with E-state index in [1.54, 1.807) is 0 Å². The second-order valence-electron chi connectivity index (χ2n) is 5.37. The summed E-state index contributed by atoms with van der Waals surface area (Å²) in [4.78, 5) is 0. The van der Waals surface area contributed by atoms with E-state index in [1.165, 1.54) is 11.1 Å². The van der Waals surface area contributed by atoms with Crippen LogP contribution in [0.1, 0.15) is 29.8 Å². The fraction of sp³-hybridized carbons (Fsp3) is 0.600. The smallest absolute Gasteiger partial charge is 0.122 e. The summed E-state index contributed by atoms with van der Waals surface area (Å²) in [6.45, 7) is 4.71. The number of ether oxygens (including phenoxy) is 2. The minimum absolute atomic E-state index is 0.0924. The molecule has 2 aliphatic heterocycles. The zero-order valence-electron chi connectivity index (χ0n) is 10.7. The fourth-order valence-electron chi connectivity index (χ4n) is 2.96. The topological polar surface area (TPSA) is 18.5 Å². The highest BCUT2D eigenvalue weighted by Crippen LogP contribution is 2.40. The summed E-state index contributed by atoms with van der Waals surface area (Å²) < 4.78 is 11.0. The molecule has 1 aromatic rings. The van der Waals surface area contributed by atoms with Crippen molar-refractivity contribution in [1.82, 2.24) is 0 Å². The van der Waals surface area contributed by atoms with Crippen LogP contribution in [0.3, 0.4) is 0 Å². The first-order valence-electron chi connectivity index (χ1n) is 6.73. The Balaban J connectivity index is 1.81. The highest BCUT2D eigenvalue weighted by molar-refractivity contribution is 6.21. The van der Waals surface area contributed by atoms with E-state index in [0.717, 1.165) is 38.4 Å². The molecule has 1 aromatic carbocycles. The van der Waals surface area contributed by atoms with Crippen LogP contribution in [0.4, 0.5) is 0 Å². The molecule has 2 aliphatic rings. The van der Waals surface area contributed by atoms with Gasteiger partial charge in [0.2, 0.25) is 0 Å². The van der Waals surface area contributed by atoms with Gasteiger partial charge in [0.25, 0.3) is 0 Å². The molecule has 2 heterocycles. The predicted molar refractivity (Wildman–Crippen MR) is 72.3 cm³/mol. The Bertz CT molecular complexity index is 433. The van der Waals surface area contributed by atoms with Gasteiger partial charge in [-0.3, -0.25) is 0 Å². The molecule has 0 aliphatic carbocycles. The average Bonchev–Trinajstić information content (AvgIpc) is 2.85. The van der Waals surface area contributed by atoms with Crippen molar-refractivity contribution >= 4 is 11.6 Å². The maximum atomic E-state index is 6.69. The number of alkyl halides is 1. The van der Waals surface area contributed by atoms with Crippen LogP contribution < -0.4 is 4.74 Å². The van der Waals surface area contributed by atoms with Crippen LogP contribution >= 0.6 is 11.6 Å². The standard InChI is InChI=1S/C15H19ClO2/c1-10-9-17-6-5-13(10)15(16)12-2-3-14-11(8-12)4-7-18-14/h2-3,8,10,13,15H,4-7,9H2,1H3. The molecule has 98 valence electrons. The third-order valence-corrected chi connectivity index (χ3v) is 4.69. The van der Waals surface area contributed by atoms with Crippen molar-refractivity contribution in [1.29, 1.82) is 0 Å². The number of fused-ring (bicyclic) bond motifs is 1.